The molecule has 0 N–H and O–H groups in total. The van der Waals surface area contributed by atoms with E-state index in [2.05, 4.69) is 72.3 Å². The van der Waals surface area contributed by atoms with Crippen LogP contribution in [0.5, 0.6) is 0 Å². The van der Waals surface area contributed by atoms with E-state index < -0.39 is 0 Å². The fourth-order valence-electron chi connectivity index (χ4n) is 3.36. The zero-order valence-corrected chi connectivity index (χ0v) is 18.9. The van der Waals surface area contributed by atoms with E-state index in [0.717, 1.165) is 53.5 Å². The Balaban J connectivity index is 1.63. The lowest BCUT2D eigenvalue weighted by Crippen LogP contribution is -2.36. The van der Waals surface area contributed by atoms with E-state index in [1.807, 2.05) is 17.8 Å². The van der Waals surface area contributed by atoms with E-state index >= 15 is 0 Å². The first-order valence-electron chi connectivity index (χ1n) is 10.5. The Bertz CT molecular complexity index is 1120. The number of benzene rings is 2. The summed E-state index contributed by atoms with van der Waals surface area (Å²) in [6.07, 6.45) is 1.90. The number of aromatic nitrogens is 1. The first-order chi connectivity index (χ1) is 15.1. The van der Waals surface area contributed by atoms with Crippen molar-refractivity contribution < 1.29 is 4.74 Å². The van der Waals surface area contributed by atoms with Gasteiger partial charge in [-0.1, -0.05) is 54.1 Å². The van der Waals surface area contributed by atoms with Crippen LogP contribution in [0.25, 0.3) is 11.3 Å². The van der Waals surface area contributed by atoms with E-state index in [1.165, 1.54) is 11.3 Å². The highest BCUT2D eigenvalue weighted by Crippen LogP contribution is 2.21. The maximum absolute atomic E-state index is 5.45. The van der Waals surface area contributed by atoms with Gasteiger partial charge in [-0.2, -0.15) is 5.10 Å². The molecule has 0 aliphatic carbocycles. The summed E-state index contributed by atoms with van der Waals surface area (Å²) in [6, 6.07) is 17.0. The summed E-state index contributed by atoms with van der Waals surface area (Å²) in [5, 5.41) is 6.91. The summed E-state index contributed by atoms with van der Waals surface area (Å²) in [4.78, 5) is 7.92. The molecule has 31 heavy (non-hydrogen) atoms. The minimum Gasteiger partial charge on any atom is -0.378 e. The van der Waals surface area contributed by atoms with Crippen LogP contribution in [0, 0.1) is 6.92 Å². The summed E-state index contributed by atoms with van der Waals surface area (Å²) >= 11 is 1.60. The van der Waals surface area contributed by atoms with Crippen molar-refractivity contribution >= 4 is 23.2 Å². The fourth-order valence-corrected chi connectivity index (χ4v) is 4.20. The minimum absolute atomic E-state index is 0.595. The molecular weight excluding hydrogens is 404 g/mol. The normalized spacial score (nSPS) is 15.0. The third kappa shape index (κ3) is 5.40. The van der Waals surface area contributed by atoms with Crippen LogP contribution in [-0.2, 0) is 4.74 Å². The second kappa shape index (κ2) is 9.90. The molecule has 1 fully saturated rings. The molecule has 0 atom stereocenters. The molecule has 4 rings (SSSR count). The third-order valence-corrected chi connectivity index (χ3v) is 5.96. The SMILES string of the molecule is C=C(C)CN=c1scc(-c2ccc(C)cc2)n1N=Cc1ccc(N2CCOCC2)cc1. The Hall–Kier alpha value is -2.96. The van der Waals surface area contributed by atoms with Crippen LogP contribution in [0.1, 0.15) is 18.1 Å². The second-order valence-corrected chi connectivity index (χ2v) is 8.63. The van der Waals surface area contributed by atoms with Crippen molar-refractivity contribution in [1.82, 2.24) is 4.68 Å². The highest BCUT2D eigenvalue weighted by atomic mass is 32.1. The number of anilines is 1. The van der Waals surface area contributed by atoms with E-state index in [0.29, 0.717) is 6.54 Å². The molecule has 2 aromatic carbocycles. The molecule has 0 spiro atoms. The monoisotopic (exact) mass is 432 g/mol. The zero-order chi connectivity index (χ0) is 21.6. The predicted molar refractivity (Wildman–Crippen MR) is 130 cm³/mol. The van der Waals surface area contributed by atoms with Gasteiger partial charge in [0.1, 0.15) is 0 Å². The number of morpholine rings is 1. The van der Waals surface area contributed by atoms with E-state index in [4.69, 9.17) is 14.8 Å². The van der Waals surface area contributed by atoms with Gasteiger partial charge in [0.25, 0.3) is 0 Å². The molecule has 1 aromatic heterocycles. The molecule has 0 saturated carbocycles. The summed E-state index contributed by atoms with van der Waals surface area (Å²) in [6.45, 7) is 12.1. The van der Waals surface area contributed by atoms with Gasteiger partial charge < -0.3 is 9.64 Å². The number of thiazole rings is 1. The van der Waals surface area contributed by atoms with Gasteiger partial charge in [-0.05, 0) is 31.5 Å². The van der Waals surface area contributed by atoms with Crippen LogP contribution in [0.15, 0.2) is 76.2 Å². The highest BCUT2D eigenvalue weighted by molar-refractivity contribution is 7.07. The molecule has 6 heteroatoms. The predicted octanol–water partition coefficient (Wildman–Crippen LogP) is 4.72. The van der Waals surface area contributed by atoms with E-state index in [1.54, 1.807) is 11.3 Å². The van der Waals surface area contributed by atoms with Gasteiger partial charge in [0.2, 0.25) is 4.80 Å². The first-order valence-corrected chi connectivity index (χ1v) is 11.4. The van der Waals surface area contributed by atoms with Crippen molar-refractivity contribution in [3.05, 3.63) is 82.0 Å². The van der Waals surface area contributed by atoms with Crippen molar-refractivity contribution in [2.45, 2.75) is 13.8 Å². The number of rotatable bonds is 6. The molecular formula is C25H28N4OS. The smallest absolute Gasteiger partial charge is 0.206 e. The van der Waals surface area contributed by atoms with E-state index in [-0.39, 0.29) is 0 Å². The van der Waals surface area contributed by atoms with E-state index in [9.17, 15) is 0 Å². The van der Waals surface area contributed by atoms with Crippen LogP contribution in [-0.4, -0.2) is 43.7 Å². The lowest BCUT2D eigenvalue weighted by molar-refractivity contribution is 0.122. The molecule has 160 valence electrons. The van der Waals surface area contributed by atoms with Gasteiger partial charge in [-0.3, -0.25) is 4.99 Å². The molecule has 0 radical (unpaired) electrons. The molecule has 2 heterocycles. The molecule has 1 saturated heterocycles. The Morgan fingerprint density at radius 1 is 1.10 bits per heavy atom. The van der Waals surface area contributed by atoms with Crippen molar-refractivity contribution in [3.63, 3.8) is 0 Å². The molecule has 0 amide bonds. The average Bonchev–Trinajstić information content (AvgIpc) is 3.20. The lowest BCUT2D eigenvalue weighted by atomic mass is 10.1. The van der Waals surface area contributed by atoms with Gasteiger partial charge in [0, 0.05) is 29.7 Å². The van der Waals surface area contributed by atoms with Crippen LogP contribution in [0.4, 0.5) is 5.69 Å². The summed E-state index contributed by atoms with van der Waals surface area (Å²) in [7, 11) is 0. The second-order valence-electron chi connectivity index (χ2n) is 7.79. The van der Waals surface area contributed by atoms with Crippen LogP contribution in [0.2, 0.25) is 0 Å². The van der Waals surface area contributed by atoms with Gasteiger partial charge >= 0.3 is 0 Å². The molecule has 0 unspecified atom stereocenters. The number of nitrogens with zero attached hydrogens (tertiary/aromatic N) is 4. The van der Waals surface area contributed by atoms with Crippen molar-refractivity contribution in [3.8, 4) is 11.3 Å². The minimum atomic E-state index is 0.595. The van der Waals surface area contributed by atoms with Gasteiger partial charge in [-0.15, -0.1) is 11.3 Å². The largest absolute Gasteiger partial charge is 0.378 e. The number of hydrogen-bond acceptors (Lipinski definition) is 5. The molecule has 1 aliphatic rings. The Labute approximate surface area is 187 Å². The summed E-state index contributed by atoms with van der Waals surface area (Å²) in [5.41, 5.74) is 6.70. The molecule has 0 bridgehead atoms. The van der Waals surface area contributed by atoms with Gasteiger partial charge in [0.15, 0.2) is 0 Å². The third-order valence-electron chi connectivity index (χ3n) is 5.11. The first kappa shape index (κ1) is 21.3. The van der Waals surface area contributed by atoms with Crippen LogP contribution in [0.3, 0.4) is 0 Å². The van der Waals surface area contributed by atoms with Crippen molar-refractivity contribution in [2.75, 3.05) is 37.7 Å². The summed E-state index contributed by atoms with van der Waals surface area (Å²) in [5.74, 6) is 0. The average molecular weight is 433 g/mol. The summed E-state index contributed by atoms with van der Waals surface area (Å²) < 4.78 is 7.37. The van der Waals surface area contributed by atoms with Gasteiger partial charge in [-0.25, -0.2) is 4.68 Å². The molecule has 3 aromatic rings. The van der Waals surface area contributed by atoms with Crippen molar-refractivity contribution in [1.29, 1.82) is 0 Å². The fraction of sp³-hybridized carbons (Fsp3) is 0.280. The Kier molecular flexibility index (Phi) is 6.79. The quantitative estimate of drug-likeness (QED) is 0.418. The number of hydrogen-bond donors (Lipinski definition) is 0. The highest BCUT2D eigenvalue weighted by Gasteiger charge is 2.11. The molecule has 5 nitrogen and oxygen atoms in total. The number of aryl methyl sites for hydroxylation is 1. The lowest BCUT2D eigenvalue weighted by Gasteiger charge is -2.28. The zero-order valence-electron chi connectivity index (χ0n) is 18.1. The number of ether oxygens (including phenoxy) is 1. The topological polar surface area (TPSA) is 42.1 Å². The van der Waals surface area contributed by atoms with Crippen LogP contribution >= 0.6 is 11.3 Å². The van der Waals surface area contributed by atoms with Gasteiger partial charge in [0.05, 0.1) is 31.7 Å². The van der Waals surface area contributed by atoms with Crippen LogP contribution < -0.4 is 9.70 Å². The standard InChI is InChI=1S/C25H28N4OS/c1-19(2)16-26-25-29(24(18-31-25)22-8-4-20(3)5-9-22)27-17-21-6-10-23(11-7-21)28-12-14-30-15-13-28/h4-11,17-18H,1,12-16H2,2-3H3. The Morgan fingerprint density at radius 3 is 2.48 bits per heavy atom. The maximum atomic E-state index is 5.45. The maximum Gasteiger partial charge on any atom is 0.206 e. The molecule has 1 aliphatic heterocycles. The Morgan fingerprint density at radius 2 is 1.81 bits per heavy atom. The van der Waals surface area contributed by atoms with Crippen molar-refractivity contribution in [2.24, 2.45) is 10.1 Å².